The predicted octanol–water partition coefficient (Wildman–Crippen LogP) is 6.16. The number of hydrogen-bond donors (Lipinski definition) is 0. The van der Waals surface area contributed by atoms with Gasteiger partial charge in [0.15, 0.2) is 11.6 Å². The maximum atomic E-state index is 6.32. The van der Waals surface area contributed by atoms with Gasteiger partial charge in [-0.15, -0.1) is 10.2 Å². The van der Waals surface area contributed by atoms with Gasteiger partial charge in [-0.2, -0.15) is 9.78 Å². The highest BCUT2D eigenvalue weighted by molar-refractivity contribution is 8.00. The third kappa shape index (κ3) is 3.19. The van der Waals surface area contributed by atoms with Gasteiger partial charge in [-0.3, -0.25) is 0 Å². The van der Waals surface area contributed by atoms with Crippen LogP contribution in [-0.4, -0.2) is 25.8 Å². The summed E-state index contributed by atoms with van der Waals surface area (Å²) in [6, 6.07) is 11.0. The maximum Gasteiger partial charge on any atom is 0.213 e. The molecule has 1 aliphatic heterocycles. The largest absolute Gasteiger partial charge is 0.469 e. The lowest BCUT2D eigenvalue weighted by molar-refractivity contribution is 0.534. The van der Waals surface area contributed by atoms with Crippen molar-refractivity contribution in [3.63, 3.8) is 0 Å². The van der Waals surface area contributed by atoms with Crippen LogP contribution in [0.25, 0.3) is 22.7 Å². The quantitative estimate of drug-likeness (QED) is 0.378. The number of halogens is 2. The fraction of sp³-hybridized carbons (Fsp3) is 0.150. The first-order chi connectivity index (χ1) is 14.0. The van der Waals surface area contributed by atoms with Crippen molar-refractivity contribution in [1.82, 2.24) is 14.9 Å². The molecule has 1 aliphatic rings. The van der Waals surface area contributed by atoms with Crippen molar-refractivity contribution in [1.29, 1.82) is 0 Å². The Labute approximate surface area is 180 Å². The normalized spacial score (nSPS) is 16.0. The van der Waals surface area contributed by atoms with Gasteiger partial charge in [0, 0.05) is 10.6 Å². The first-order valence-electron chi connectivity index (χ1n) is 8.82. The molecule has 0 fully saturated rings. The lowest BCUT2D eigenvalue weighted by atomic mass is 10.2. The summed E-state index contributed by atoms with van der Waals surface area (Å²) in [5.41, 5.74) is 2.43. The van der Waals surface area contributed by atoms with Crippen molar-refractivity contribution in [2.45, 2.75) is 24.3 Å². The van der Waals surface area contributed by atoms with Gasteiger partial charge in [-0.25, -0.2) is 0 Å². The molecule has 3 aromatic heterocycles. The SMILES string of the molecule is Cc1occc1-c1nnc2n1N=C(c1ccc(-c3ccc(Cl)cc3Cl)o1)[C@@H](C)S2. The Balaban J connectivity index is 1.57. The van der Waals surface area contributed by atoms with Crippen LogP contribution in [0.5, 0.6) is 0 Å². The molecule has 4 heterocycles. The Hall–Kier alpha value is -2.48. The summed E-state index contributed by atoms with van der Waals surface area (Å²) < 4.78 is 13.2. The molecular weight excluding hydrogens is 431 g/mol. The van der Waals surface area contributed by atoms with Gasteiger partial charge >= 0.3 is 0 Å². The molecule has 6 nitrogen and oxygen atoms in total. The van der Waals surface area contributed by atoms with E-state index < -0.39 is 0 Å². The Bertz CT molecular complexity index is 1260. The molecule has 1 atom stereocenters. The summed E-state index contributed by atoms with van der Waals surface area (Å²) in [6.07, 6.45) is 1.63. The van der Waals surface area contributed by atoms with Gasteiger partial charge < -0.3 is 8.83 Å². The summed E-state index contributed by atoms with van der Waals surface area (Å²) in [6.45, 7) is 3.94. The number of nitrogens with zero attached hydrogens (tertiary/aromatic N) is 4. The average molecular weight is 445 g/mol. The standard InChI is InChI=1S/C20H14Cl2N4O2S/c1-10-13(7-8-27-10)19-23-24-20-26(19)25-18(11(2)29-20)17-6-5-16(28-17)14-4-3-12(21)9-15(14)22/h3-9,11H,1-2H3/t11-/m1/s1. The van der Waals surface area contributed by atoms with Crippen LogP contribution in [0.2, 0.25) is 10.0 Å². The monoisotopic (exact) mass is 444 g/mol. The van der Waals surface area contributed by atoms with Crippen LogP contribution < -0.4 is 0 Å². The first kappa shape index (κ1) is 18.5. The predicted molar refractivity (Wildman–Crippen MR) is 114 cm³/mol. The van der Waals surface area contributed by atoms with E-state index in [2.05, 4.69) is 17.1 Å². The third-order valence-electron chi connectivity index (χ3n) is 4.64. The zero-order valence-corrected chi connectivity index (χ0v) is 17.7. The highest BCUT2D eigenvalue weighted by Gasteiger charge is 2.29. The molecule has 0 bridgehead atoms. The number of rotatable bonds is 3. The van der Waals surface area contributed by atoms with E-state index >= 15 is 0 Å². The molecule has 0 amide bonds. The van der Waals surface area contributed by atoms with E-state index in [0.717, 1.165) is 27.8 Å². The van der Waals surface area contributed by atoms with Crippen molar-refractivity contribution < 1.29 is 8.83 Å². The van der Waals surface area contributed by atoms with E-state index in [0.29, 0.717) is 27.4 Å². The summed E-state index contributed by atoms with van der Waals surface area (Å²) >= 11 is 13.9. The summed E-state index contributed by atoms with van der Waals surface area (Å²) in [7, 11) is 0. The van der Waals surface area contributed by atoms with Crippen molar-refractivity contribution in [2.75, 3.05) is 0 Å². The van der Waals surface area contributed by atoms with E-state index in [4.69, 9.17) is 37.1 Å². The van der Waals surface area contributed by atoms with Gasteiger partial charge in [0.05, 0.1) is 22.1 Å². The summed E-state index contributed by atoms with van der Waals surface area (Å²) in [5.74, 6) is 2.72. The molecule has 1 aromatic carbocycles. The Morgan fingerprint density at radius 2 is 1.86 bits per heavy atom. The van der Waals surface area contributed by atoms with Gasteiger partial charge in [-0.05, 0) is 50.2 Å². The fourth-order valence-corrected chi connectivity index (χ4v) is 4.58. The van der Waals surface area contributed by atoms with E-state index in [1.807, 2.05) is 31.2 Å². The van der Waals surface area contributed by atoms with Crippen LogP contribution >= 0.6 is 35.0 Å². The van der Waals surface area contributed by atoms with Crippen LogP contribution in [0.15, 0.2) is 61.8 Å². The van der Waals surface area contributed by atoms with Crippen LogP contribution in [-0.2, 0) is 0 Å². The van der Waals surface area contributed by atoms with E-state index in [1.165, 1.54) is 0 Å². The molecule has 4 aromatic rings. The molecule has 9 heteroatoms. The number of aromatic nitrogens is 3. The Morgan fingerprint density at radius 1 is 1.03 bits per heavy atom. The molecule has 0 saturated heterocycles. The van der Waals surface area contributed by atoms with Crippen LogP contribution in [0.1, 0.15) is 18.4 Å². The first-order valence-corrected chi connectivity index (χ1v) is 10.5. The van der Waals surface area contributed by atoms with E-state index in [-0.39, 0.29) is 5.25 Å². The minimum absolute atomic E-state index is 0.0460. The second-order valence-corrected chi connectivity index (χ2v) is 8.69. The zero-order valence-electron chi connectivity index (χ0n) is 15.4. The molecule has 0 N–H and O–H groups in total. The molecule has 0 unspecified atom stereocenters. The highest BCUT2D eigenvalue weighted by atomic mass is 35.5. The minimum atomic E-state index is 0.0460. The highest BCUT2D eigenvalue weighted by Crippen LogP contribution is 2.36. The van der Waals surface area contributed by atoms with Crippen LogP contribution in [0.4, 0.5) is 0 Å². The number of fused-ring (bicyclic) bond motifs is 1. The molecule has 29 heavy (non-hydrogen) atoms. The fourth-order valence-electron chi connectivity index (χ4n) is 3.18. The number of benzene rings is 1. The van der Waals surface area contributed by atoms with Crippen molar-refractivity contribution >= 4 is 40.7 Å². The molecule has 0 radical (unpaired) electrons. The topological polar surface area (TPSA) is 69.3 Å². The second kappa shape index (κ2) is 7.09. The number of thioether (sulfide) groups is 1. The van der Waals surface area contributed by atoms with Crippen molar-refractivity contribution in [3.05, 3.63) is 64.2 Å². The van der Waals surface area contributed by atoms with Crippen molar-refractivity contribution in [3.8, 4) is 22.7 Å². The molecule has 146 valence electrons. The van der Waals surface area contributed by atoms with E-state index in [1.54, 1.807) is 34.8 Å². The lowest BCUT2D eigenvalue weighted by Gasteiger charge is -2.18. The number of furan rings is 2. The molecule has 5 rings (SSSR count). The Kier molecular flexibility index (Phi) is 4.53. The molecule has 0 spiro atoms. The maximum absolute atomic E-state index is 6.32. The molecule has 0 saturated carbocycles. The third-order valence-corrected chi connectivity index (χ3v) is 6.23. The van der Waals surface area contributed by atoms with E-state index in [9.17, 15) is 0 Å². The lowest BCUT2D eigenvalue weighted by Crippen LogP contribution is -2.21. The van der Waals surface area contributed by atoms with Gasteiger partial charge in [-0.1, -0.05) is 35.0 Å². The summed E-state index contributed by atoms with van der Waals surface area (Å²) in [4.78, 5) is 0. The minimum Gasteiger partial charge on any atom is -0.469 e. The number of hydrogen-bond acceptors (Lipinski definition) is 6. The molecule has 0 aliphatic carbocycles. The molecular formula is C20H14Cl2N4O2S. The van der Waals surface area contributed by atoms with Gasteiger partial charge in [0.25, 0.3) is 0 Å². The smallest absolute Gasteiger partial charge is 0.213 e. The average Bonchev–Trinajstić information content (AvgIpc) is 3.40. The Morgan fingerprint density at radius 3 is 2.62 bits per heavy atom. The number of aryl methyl sites for hydroxylation is 1. The van der Waals surface area contributed by atoms with Crippen molar-refractivity contribution in [2.24, 2.45) is 5.10 Å². The van der Waals surface area contributed by atoms with Crippen LogP contribution in [0.3, 0.4) is 0 Å². The van der Waals surface area contributed by atoms with Gasteiger partial charge in [0.1, 0.15) is 17.2 Å². The van der Waals surface area contributed by atoms with Gasteiger partial charge in [0.2, 0.25) is 5.16 Å². The summed E-state index contributed by atoms with van der Waals surface area (Å²) in [5, 5.41) is 15.3. The van der Waals surface area contributed by atoms with Crippen LogP contribution in [0, 0.1) is 6.92 Å². The zero-order chi connectivity index (χ0) is 20.1. The second-order valence-electron chi connectivity index (χ2n) is 6.54.